The minimum absolute atomic E-state index is 0.140. The number of benzene rings is 1. The maximum atomic E-state index is 5.95. The molecule has 0 aliphatic carbocycles. The van der Waals surface area contributed by atoms with Crippen LogP contribution in [0.2, 0.25) is 0 Å². The highest BCUT2D eigenvalue weighted by atomic mass is 16.5. The molecule has 7 heteroatoms. The van der Waals surface area contributed by atoms with E-state index in [-0.39, 0.29) is 12.0 Å². The lowest BCUT2D eigenvalue weighted by atomic mass is 10.1. The number of methoxy groups -OCH3 is 1. The molecule has 1 atom stereocenters. The van der Waals surface area contributed by atoms with Gasteiger partial charge in [0.05, 0.1) is 24.2 Å². The highest BCUT2D eigenvalue weighted by Crippen LogP contribution is 2.23. The van der Waals surface area contributed by atoms with Crippen LogP contribution in [0.1, 0.15) is 25.1 Å². The fraction of sp³-hybridized carbons (Fsp3) is 0.350. The Hall–Kier alpha value is -3.09. The molecule has 27 heavy (non-hydrogen) atoms. The molecule has 0 spiro atoms. The third-order valence-electron chi connectivity index (χ3n) is 4.41. The SMILES string of the molecule is CCc1cc(-c2cc(N[C@@H](C)Cc3ccccc3OC)nc(N)n2)n(C)n1. The second-order valence-corrected chi connectivity index (χ2v) is 6.56. The Morgan fingerprint density at radius 1 is 1.22 bits per heavy atom. The van der Waals surface area contributed by atoms with Crippen molar-refractivity contribution in [1.82, 2.24) is 19.7 Å². The van der Waals surface area contributed by atoms with Crippen LogP contribution in [0.25, 0.3) is 11.4 Å². The Morgan fingerprint density at radius 2 is 2.00 bits per heavy atom. The highest BCUT2D eigenvalue weighted by molar-refractivity contribution is 5.61. The first-order chi connectivity index (χ1) is 13.0. The average molecular weight is 366 g/mol. The zero-order valence-electron chi connectivity index (χ0n) is 16.2. The van der Waals surface area contributed by atoms with Crippen LogP contribution in [0.4, 0.5) is 11.8 Å². The van der Waals surface area contributed by atoms with Gasteiger partial charge in [0.25, 0.3) is 0 Å². The Balaban J connectivity index is 1.80. The van der Waals surface area contributed by atoms with Crippen molar-refractivity contribution in [2.75, 3.05) is 18.2 Å². The Kier molecular flexibility index (Phi) is 5.59. The average Bonchev–Trinajstić information content (AvgIpc) is 3.02. The van der Waals surface area contributed by atoms with Gasteiger partial charge in [-0.05, 0) is 37.5 Å². The van der Waals surface area contributed by atoms with E-state index >= 15 is 0 Å². The van der Waals surface area contributed by atoms with E-state index in [2.05, 4.69) is 40.3 Å². The number of aryl methyl sites for hydroxylation is 2. The summed E-state index contributed by atoms with van der Waals surface area (Å²) in [6.45, 7) is 4.18. The molecule has 0 amide bonds. The smallest absolute Gasteiger partial charge is 0.222 e. The van der Waals surface area contributed by atoms with Crippen molar-refractivity contribution in [3.8, 4) is 17.1 Å². The summed E-state index contributed by atoms with van der Waals surface area (Å²) < 4.78 is 7.26. The molecule has 3 aromatic rings. The van der Waals surface area contributed by atoms with Gasteiger partial charge < -0.3 is 15.8 Å². The molecule has 3 N–H and O–H groups in total. The molecule has 2 heterocycles. The molecular formula is C20H26N6O. The molecule has 0 saturated carbocycles. The van der Waals surface area contributed by atoms with Crippen LogP contribution in [-0.2, 0) is 19.9 Å². The predicted molar refractivity (Wildman–Crippen MR) is 108 cm³/mol. The summed E-state index contributed by atoms with van der Waals surface area (Å²) in [7, 11) is 3.59. The maximum Gasteiger partial charge on any atom is 0.222 e. The van der Waals surface area contributed by atoms with Crippen molar-refractivity contribution in [3.05, 3.63) is 47.7 Å². The molecule has 2 aromatic heterocycles. The fourth-order valence-corrected chi connectivity index (χ4v) is 3.12. The molecule has 7 nitrogen and oxygen atoms in total. The molecule has 3 rings (SSSR count). The molecule has 0 aliphatic heterocycles. The number of hydrogen-bond acceptors (Lipinski definition) is 6. The summed E-state index contributed by atoms with van der Waals surface area (Å²) in [4.78, 5) is 8.71. The molecule has 0 fully saturated rings. The van der Waals surface area contributed by atoms with Crippen LogP contribution >= 0.6 is 0 Å². The Morgan fingerprint density at radius 3 is 2.70 bits per heavy atom. The summed E-state index contributed by atoms with van der Waals surface area (Å²) in [6, 6.07) is 12.1. The summed E-state index contributed by atoms with van der Waals surface area (Å²) in [5.74, 6) is 1.81. The van der Waals surface area contributed by atoms with E-state index in [0.29, 0.717) is 5.82 Å². The zero-order valence-corrected chi connectivity index (χ0v) is 16.2. The van der Waals surface area contributed by atoms with Gasteiger partial charge in [-0.2, -0.15) is 10.1 Å². The standard InChI is InChI=1S/C20H26N6O/c1-5-15-11-17(26(3)25-15)16-12-19(24-20(21)23-16)22-13(2)10-14-8-6-7-9-18(14)27-4/h6-9,11-13H,5,10H2,1-4H3,(H3,21,22,23,24)/t13-/m0/s1. The number of rotatable bonds is 7. The monoisotopic (exact) mass is 366 g/mol. The normalized spacial score (nSPS) is 12.0. The number of para-hydroxylation sites is 1. The molecule has 0 saturated heterocycles. The van der Waals surface area contributed by atoms with Gasteiger partial charge in [-0.1, -0.05) is 25.1 Å². The van der Waals surface area contributed by atoms with Gasteiger partial charge in [0.1, 0.15) is 11.6 Å². The lowest BCUT2D eigenvalue weighted by Gasteiger charge is -2.17. The van der Waals surface area contributed by atoms with Crippen molar-refractivity contribution < 1.29 is 4.74 Å². The van der Waals surface area contributed by atoms with Crippen LogP contribution in [0, 0.1) is 0 Å². The van der Waals surface area contributed by atoms with Crippen molar-refractivity contribution in [2.45, 2.75) is 32.7 Å². The third-order valence-corrected chi connectivity index (χ3v) is 4.41. The molecule has 1 aromatic carbocycles. The first-order valence-corrected chi connectivity index (χ1v) is 9.06. The van der Waals surface area contributed by atoms with E-state index in [4.69, 9.17) is 10.5 Å². The topological polar surface area (TPSA) is 90.9 Å². The van der Waals surface area contributed by atoms with Crippen molar-refractivity contribution in [2.24, 2.45) is 7.05 Å². The lowest BCUT2D eigenvalue weighted by molar-refractivity contribution is 0.409. The molecular weight excluding hydrogens is 340 g/mol. The van der Waals surface area contributed by atoms with Gasteiger partial charge in [0, 0.05) is 19.2 Å². The van der Waals surface area contributed by atoms with E-state index in [1.165, 1.54) is 0 Å². The summed E-state index contributed by atoms with van der Waals surface area (Å²) in [5.41, 5.74) is 9.78. The van der Waals surface area contributed by atoms with Crippen LogP contribution < -0.4 is 15.8 Å². The third kappa shape index (κ3) is 4.36. The van der Waals surface area contributed by atoms with Crippen molar-refractivity contribution in [3.63, 3.8) is 0 Å². The van der Waals surface area contributed by atoms with Crippen LogP contribution in [0.5, 0.6) is 5.75 Å². The van der Waals surface area contributed by atoms with Gasteiger partial charge in [-0.25, -0.2) is 4.98 Å². The number of aromatic nitrogens is 4. The minimum atomic E-state index is 0.140. The zero-order chi connectivity index (χ0) is 19.4. The molecule has 0 aliphatic rings. The van der Waals surface area contributed by atoms with Gasteiger partial charge in [-0.3, -0.25) is 4.68 Å². The first-order valence-electron chi connectivity index (χ1n) is 9.06. The number of ether oxygens (including phenoxy) is 1. The van der Waals surface area contributed by atoms with E-state index in [1.807, 2.05) is 42.1 Å². The Bertz CT molecular complexity index is 921. The van der Waals surface area contributed by atoms with Gasteiger partial charge in [0.2, 0.25) is 5.95 Å². The molecule has 142 valence electrons. The number of nitrogens with two attached hydrogens (primary N) is 1. The van der Waals surface area contributed by atoms with Crippen molar-refractivity contribution >= 4 is 11.8 Å². The first kappa shape index (κ1) is 18.7. The number of nitrogens with one attached hydrogen (secondary N) is 1. The fourth-order valence-electron chi connectivity index (χ4n) is 3.12. The van der Waals surface area contributed by atoms with Crippen molar-refractivity contribution in [1.29, 1.82) is 0 Å². The van der Waals surface area contributed by atoms with E-state index in [1.54, 1.807) is 7.11 Å². The minimum Gasteiger partial charge on any atom is -0.496 e. The van der Waals surface area contributed by atoms with Gasteiger partial charge in [0.15, 0.2) is 0 Å². The highest BCUT2D eigenvalue weighted by Gasteiger charge is 2.13. The van der Waals surface area contributed by atoms with Crippen LogP contribution in [-0.4, -0.2) is 32.9 Å². The number of hydrogen-bond donors (Lipinski definition) is 2. The largest absolute Gasteiger partial charge is 0.496 e. The number of nitrogen functional groups attached to an aromatic ring is 1. The number of anilines is 2. The maximum absolute atomic E-state index is 5.95. The van der Waals surface area contributed by atoms with E-state index in [9.17, 15) is 0 Å². The quantitative estimate of drug-likeness (QED) is 0.668. The summed E-state index contributed by atoms with van der Waals surface area (Å²) >= 11 is 0. The molecule has 0 unspecified atom stereocenters. The van der Waals surface area contributed by atoms with Gasteiger partial charge in [-0.15, -0.1) is 0 Å². The second kappa shape index (κ2) is 8.07. The lowest BCUT2D eigenvalue weighted by Crippen LogP contribution is -2.20. The number of nitrogens with zero attached hydrogens (tertiary/aromatic N) is 4. The van der Waals surface area contributed by atoms with E-state index in [0.717, 1.165) is 41.2 Å². The van der Waals surface area contributed by atoms with Gasteiger partial charge >= 0.3 is 0 Å². The van der Waals surface area contributed by atoms with E-state index < -0.39 is 0 Å². The Labute approximate surface area is 159 Å². The predicted octanol–water partition coefficient (Wildman–Crippen LogP) is 3.07. The summed E-state index contributed by atoms with van der Waals surface area (Å²) in [5, 5.41) is 7.90. The molecule has 0 bridgehead atoms. The summed E-state index contributed by atoms with van der Waals surface area (Å²) in [6.07, 6.45) is 1.67. The second-order valence-electron chi connectivity index (χ2n) is 6.56. The van der Waals surface area contributed by atoms with Crippen LogP contribution in [0.15, 0.2) is 36.4 Å². The molecule has 0 radical (unpaired) electrons. The van der Waals surface area contributed by atoms with Crippen LogP contribution in [0.3, 0.4) is 0 Å².